The number of nitrogens with one attached hydrogen (secondary N) is 1. The Hall–Kier alpha value is -1.06. The standard InChI is InChI=1S/C17H29NO2/c1-5-6-15-7-9-16(10-8-15)20-12-11-17(4,13-19)18-14(2)3/h7-10,14,18-19H,5-6,11-13H2,1-4H3. The molecule has 20 heavy (non-hydrogen) atoms. The van der Waals surface area contributed by atoms with Crippen molar-refractivity contribution >= 4 is 0 Å². The molecule has 0 spiro atoms. The van der Waals surface area contributed by atoms with Gasteiger partial charge in [0.15, 0.2) is 0 Å². The van der Waals surface area contributed by atoms with Crippen LogP contribution in [0, 0.1) is 0 Å². The summed E-state index contributed by atoms with van der Waals surface area (Å²) in [7, 11) is 0. The van der Waals surface area contributed by atoms with E-state index in [9.17, 15) is 5.11 Å². The van der Waals surface area contributed by atoms with Crippen molar-refractivity contribution in [3.63, 3.8) is 0 Å². The molecule has 0 saturated heterocycles. The van der Waals surface area contributed by atoms with Gasteiger partial charge in [0.25, 0.3) is 0 Å². The molecule has 0 bridgehead atoms. The van der Waals surface area contributed by atoms with Gasteiger partial charge in [-0.1, -0.05) is 39.3 Å². The van der Waals surface area contributed by atoms with Crippen LogP contribution in [0.3, 0.4) is 0 Å². The Labute approximate surface area is 123 Å². The van der Waals surface area contributed by atoms with Crippen molar-refractivity contribution in [3.8, 4) is 5.75 Å². The van der Waals surface area contributed by atoms with E-state index in [2.05, 4.69) is 38.2 Å². The summed E-state index contributed by atoms with van der Waals surface area (Å²) in [5.74, 6) is 0.898. The van der Waals surface area contributed by atoms with Gasteiger partial charge in [-0.15, -0.1) is 0 Å². The van der Waals surface area contributed by atoms with Crippen molar-refractivity contribution in [2.45, 2.75) is 58.5 Å². The number of aliphatic hydroxyl groups excluding tert-OH is 1. The van der Waals surface area contributed by atoms with E-state index in [-0.39, 0.29) is 12.1 Å². The van der Waals surface area contributed by atoms with Crippen LogP contribution in [-0.4, -0.2) is 29.9 Å². The summed E-state index contributed by atoms with van der Waals surface area (Å²) in [6.07, 6.45) is 3.05. The molecule has 1 unspecified atom stereocenters. The fourth-order valence-corrected chi connectivity index (χ4v) is 2.33. The summed E-state index contributed by atoms with van der Waals surface area (Å²) in [4.78, 5) is 0. The number of aryl methyl sites for hydroxylation is 1. The van der Waals surface area contributed by atoms with E-state index in [4.69, 9.17) is 4.74 Å². The molecule has 0 amide bonds. The Bertz CT molecular complexity index is 375. The van der Waals surface area contributed by atoms with Crippen LogP contribution in [0.1, 0.15) is 46.1 Å². The van der Waals surface area contributed by atoms with Crippen LogP contribution in [0.15, 0.2) is 24.3 Å². The zero-order valence-electron chi connectivity index (χ0n) is 13.3. The Balaban J connectivity index is 2.42. The number of aliphatic hydroxyl groups is 1. The maximum Gasteiger partial charge on any atom is 0.119 e. The van der Waals surface area contributed by atoms with E-state index in [0.717, 1.165) is 25.0 Å². The lowest BCUT2D eigenvalue weighted by Gasteiger charge is -2.31. The van der Waals surface area contributed by atoms with Crippen molar-refractivity contribution in [2.24, 2.45) is 0 Å². The van der Waals surface area contributed by atoms with Crippen LogP contribution in [0.5, 0.6) is 5.75 Å². The number of rotatable bonds is 9. The first-order valence-electron chi connectivity index (χ1n) is 7.59. The highest BCUT2D eigenvalue weighted by molar-refractivity contribution is 5.27. The van der Waals surface area contributed by atoms with Gasteiger partial charge in [0.1, 0.15) is 5.75 Å². The average molecular weight is 279 g/mol. The summed E-state index contributed by atoms with van der Waals surface area (Å²) >= 11 is 0. The third kappa shape index (κ3) is 5.93. The summed E-state index contributed by atoms with van der Waals surface area (Å²) in [5.41, 5.74) is 1.07. The van der Waals surface area contributed by atoms with Gasteiger partial charge >= 0.3 is 0 Å². The Morgan fingerprint density at radius 3 is 2.40 bits per heavy atom. The highest BCUT2D eigenvalue weighted by atomic mass is 16.5. The monoisotopic (exact) mass is 279 g/mol. The molecule has 0 aromatic heterocycles. The smallest absolute Gasteiger partial charge is 0.119 e. The lowest BCUT2D eigenvalue weighted by atomic mass is 9.98. The van der Waals surface area contributed by atoms with Crippen LogP contribution in [-0.2, 0) is 6.42 Å². The van der Waals surface area contributed by atoms with Gasteiger partial charge in [-0.3, -0.25) is 0 Å². The first-order valence-corrected chi connectivity index (χ1v) is 7.59. The third-order valence-corrected chi connectivity index (χ3v) is 3.37. The van der Waals surface area contributed by atoms with Crippen molar-refractivity contribution in [1.82, 2.24) is 5.32 Å². The first kappa shape index (κ1) is 17.0. The lowest BCUT2D eigenvalue weighted by molar-refractivity contribution is 0.136. The summed E-state index contributed by atoms with van der Waals surface area (Å²) in [5, 5.41) is 12.9. The molecule has 3 heteroatoms. The Kier molecular flexibility index (Phi) is 7.03. The van der Waals surface area contributed by atoms with Gasteiger partial charge in [0.05, 0.1) is 13.2 Å². The summed E-state index contributed by atoms with van der Waals surface area (Å²) in [6.45, 7) is 9.10. The first-order chi connectivity index (χ1) is 9.49. The largest absolute Gasteiger partial charge is 0.494 e. The average Bonchev–Trinajstić information content (AvgIpc) is 2.40. The van der Waals surface area contributed by atoms with Crippen molar-refractivity contribution in [2.75, 3.05) is 13.2 Å². The van der Waals surface area contributed by atoms with E-state index >= 15 is 0 Å². The molecular weight excluding hydrogens is 250 g/mol. The Morgan fingerprint density at radius 2 is 1.90 bits per heavy atom. The molecular formula is C17H29NO2. The van der Waals surface area contributed by atoms with Crippen molar-refractivity contribution in [3.05, 3.63) is 29.8 Å². The van der Waals surface area contributed by atoms with Crippen LogP contribution in [0.2, 0.25) is 0 Å². The second-order valence-corrected chi connectivity index (χ2v) is 6.01. The number of hydrogen-bond acceptors (Lipinski definition) is 3. The second-order valence-electron chi connectivity index (χ2n) is 6.01. The SMILES string of the molecule is CCCc1ccc(OCCC(C)(CO)NC(C)C)cc1. The molecule has 3 nitrogen and oxygen atoms in total. The van der Waals surface area contributed by atoms with Crippen LogP contribution < -0.4 is 10.1 Å². The topological polar surface area (TPSA) is 41.5 Å². The molecule has 1 aromatic carbocycles. The highest BCUT2D eigenvalue weighted by Crippen LogP contribution is 2.16. The maximum atomic E-state index is 9.51. The Morgan fingerprint density at radius 1 is 1.25 bits per heavy atom. The number of benzene rings is 1. The predicted octanol–water partition coefficient (Wildman–Crippen LogP) is 3.16. The van der Waals surface area contributed by atoms with Gasteiger partial charge in [-0.2, -0.15) is 0 Å². The van der Waals surface area contributed by atoms with Crippen molar-refractivity contribution < 1.29 is 9.84 Å². The van der Waals surface area contributed by atoms with Crippen LogP contribution in [0.25, 0.3) is 0 Å². The molecule has 114 valence electrons. The third-order valence-electron chi connectivity index (χ3n) is 3.37. The maximum absolute atomic E-state index is 9.51. The molecule has 0 aliphatic rings. The van der Waals surface area contributed by atoms with E-state index < -0.39 is 0 Å². The molecule has 1 atom stereocenters. The van der Waals surface area contributed by atoms with Crippen LogP contribution in [0.4, 0.5) is 0 Å². The second kappa shape index (κ2) is 8.28. The fourth-order valence-electron chi connectivity index (χ4n) is 2.33. The molecule has 1 aromatic rings. The molecule has 0 fully saturated rings. The van der Waals surface area contributed by atoms with Gasteiger partial charge in [-0.05, 0) is 31.0 Å². The molecule has 0 aliphatic carbocycles. The summed E-state index contributed by atoms with van der Waals surface area (Å²) in [6, 6.07) is 8.64. The zero-order valence-corrected chi connectivity index (χ0v) is 13.3. The molecule has 0 heterocycles. The van der Waals surface area contributed by atoms with E-state index in [1.807, 2.05) is 19.1 Å². The van der Waals surface area contributed by atoms with E-state index in [0.29, 0.717) is 12.6 Å². The minimum absolute atomic E-state index is 0.115. The predicted molar refractivity (Wildman–Crippen MR) is 84.3 cm³/mol. The van der Waals surface area contributed by atoms with Gasteiger partial charge < -0.3 is 15.2 Å². The number of ether oxygens (including phenoxy) is 1. The van der Waals surface area contributed by atoms with Crippen molar-refractivity contribution in [1.29, 1.82) is 0 Å². The molecule has 0 aliphatic heterocycles. The molecule has 0 radical (unpaired) electrons. The quantitative estimate of drug-likeness (QED) is 0.729. The normalized spacial score (nSPS) is 14.3. The lowest BCUT2D eigenvalue weighted by Crippen LogP contribution is -2.49. The molecule has 1 rings (SSSR count). The van der Waals surface area contributed by atoms with Gasteiger partial charge in [0.2, 0.25) is 0 Å². The fraction of sp³-hybridized carbons (Fsp3) is 0.647. The minimum atomic E-state index is -0.281. The summed E-state index contributed by atoms with van der Waals surface area (Å²) < 4.78 is 5.77. The van der Waals surface area contributed by atoms with E-state index in [1.165, 1.54) is 5.56 Å². The minimum Gasteiger partial charge on any atom is -0.494 e. The van der Waals surface area contributed by atoms with E-state index in [1.54, 1.807) is 0 Å². The van der Waals surface area contributed by atoms with Gasteiger partial charge in [-0.25, -0.2) is 0 Å². The number of hydrogen-bond donors (Lipinski definition) is 2. The molecule has 0 saturated carbocycles. The van der Waals surface area contributed by atoms with Crippen LogP contribution >= 0.6 is 0 Å². The highest BCUT2D eigenvalue weighted by Gasteiger charge is 2.23. The zero-order chi connectivity index (χ0) is 15.0. The van der Waals surface area contributed by atoms with Gasteiger partial charge in [0, 0.05) is 18.0 Å². The molecule has 2 N–H and O–H groups in total.